The Morgan fingerprint density at radius 3 is 2.71 bits per heavy atom. The smallest absolute Gasteiger partial charge is 0.423 e. The highest BCUT2D eigenvalue weighted by molar-refractivity contribution is 9.10. The van der Waals surface area contributed by atoms with Crippen molar-refractivity contribution in [1.82, 2.24) is 0 Å². The van der Waals surface area contributed by atoms with Crippen molar-refractivity contribution < 1.29 is 14.4 Å². The van der Waals surface area contributed by atoms with Crippen molar-refractivity contribution in [2.45, 2.75) is 0 Å². The van der Waals surface area contributed by atoms with Gasteiger partial charge in [0.1, 0.15) is 5.82 Å². The fourth-order valence-corrected chi connectivity index (χ4v) is 2.90. The Labute approximate surface area is 92.3 Å². The van der Waals surface area contributed by atoms with Crippen LogP contribution < -0.4 is 5.46 Å². The lowest BCUT2D eigenvalue weighted by molar-refractivity contribution is 0.426. The molecule has 2 N–H and O–H groups in total. The number of thiophene rings is 1. The molecule has 2 aromatic rings. The molecule has 0 amide bonds. The summed E-state index contributed by atoms with van der Waals surface area (Å²) in [5, 5.41) is 19.8. The normalized spacial score (nSPS) is 10.9. The van der Waals surface area contributed by atoms with Gasteiger partial charge in [-0.1, -0.05) is 15.9 Å². The first-order valence-corrected chi connectivity index (χ1v) is 5.49. The second kappa shape index (κ2) is 3.62. The third kappa shape index (κ3) is 1.59. The van der Waals surface area contributed by atoms with E-state index in [1.165, 1.54) is 17.4 Å². The Bertz CT molecular complexity index is 485. The number of rotatable bonds is 1. The molecule has 1 aromatic heterocycles. The molecule has 0 radical (unpaired) electrons. The third-order valence-electron chi connectivity index (χ3n) is 1.90. The summed E-state index contributed by atoms with van der Waals surface area (Å²) in [6.07, 6.45) is 0. The molecule has 0 bridgehead atoms. The molecule has 0 aliphatic rings. The van der Waals surface area contributed by atoms with E-state index in [9.17, 15) is 4.39 Å². The minimum Gasteiger partial charge on any atom is -0.423 e. The van der Waals surface area contributed by atoms with Gasteiger partial charge in [-0.15, -0.1) is 11.3 Å². The summed E-state index contributed by atoms with van der Waals surface area (Å²) in [5.74, 6) is -0.446. The first-order chi connectivity index (χ1) is 6.59. The molecule has 6 heteroatoms. The summed E-state index contributed by atoms with van der Waals surface area (Å²) >= 11 is 4.45. The fourth-order valence-electron chi connectivity index (χ4n) is 1.30. The van der Waals surface area contributed by atoms with Gasteiger partial charge in [0.05, 0.1) is 0 Å². The summed E-state index contributed by atoms with van der Waals surface area (Å²) in [7, 11) is -1.63. The van der Waals surface area contributed by atoms with E-state index in [1.54, 1.807) is 11.4 Å². The van der Waals surface area contributed by atoms with Gasteiger partial charge in [0, 0.05) is 20.0 Å². The Hall–Kier alpha value is -0.425. The SMILES string of the molecule is OB(O)c1csc2cc(Br)cc(F)c12. The Balaban J connectivity index is 2.79. The maximum atomic E-state index is 13.5. The number of benzene rings is 1. The van der Waals surface area contributed by atoms with Crippen molar-refractivity contribution in [3.05, 3.63) is 27.8 Å². The van der Waals surface area contributed by atoms with Gasteiger partial charge in [-0.05, 0) is 17.5 Å². The zero-order valence-electron chi connectivity index (χ0n) is 6.87. The maximum absolute atomic E-state index is 13.5. The van der Waals surface area contributed by atoms with Gasteiger partial charge in [-0.3, -0.25) is 0 Å². The van der Waals surface area contributed by atoms with Crippen molar-refractivity contribution in [3.63, 3.8) is 0 Å². The van der Waals surface area contributed by atoms with Crippen LogP contribution in [0.25, 0.3) is 10.1 Å². The van der Waals surface area contributed by atoms with E-state index < -0.39 is 12.9 Å². The molecule has 1 aromatic carbocycles. The lowest BCUT2D eigenvalue weighted by Crippen LogP contribution is -2.29. The maximum Gasteiger partial charge on any atom is 0.490 e. The molecule has 0 fully saturated rings. The van der Waals surface area contributed by atoms with E-state index in [4.69, 9.17) is 10.0 Å². The zero-order valence-corrected chi connectivity index (χ0v) is 9.27. The van der Waals surface area contributed by atoms with Gasteiger partial charge >= 0.3 is 7.12 Å². The van der Waals surface area contributed by atoms with Crippen LogP contribution in [0.15, 0.2) is 22.0 Å². The number of hydrogen-bond acceptors (Lipinski definition) is 3. The average molecular weight is 275 g/mol. The quantitative estimate of drug-likeness (QED) is 0.774. The van der Waals surface area contributed by atoms with E-state index in [1.807, 2.05) is 0 Å². The van der Waals surface area contributed by atoms with Crippen LogP contribution in [0, 0.1) is 5.82 Å². The second-order valence-corrected chi connectivity index (χ2v) is 4.65. The minimum absolute atomic E-state index is 0.218. The van der Waals surface area contributed by atoms with Gasteiger partial charge in [-0.2, -0.15) is 0 Å². The van der Waals surface area contributed by atoms with Gasteiger partial charge in [0.25, 0.3) is 0 Å². The van der Waals surface area contributed by atoms with Crippen molar-refractivity contribution >= 4 is 49.9 Å². The Morgan fingerprint density at radius 1 is 1.36 bits per heavy atom. The summed E-state index contributed by atoms with van der Waals surface area (Å²) < 4.78 is 14.8. The largest absolute Gasteiger partial charge is 0.490 e. The van der Waals surface area contributed by atoms with Crippen LogP contribution in [0.1, 0.15) is 0 Å². The summed E-state index contributed by atoms with van der Waals surface area (Å²) in [5.41, 5.74) is 0.218. The lowest BCUT2D eigenvalue weighted by atomic mass is 9.80. The van der Waals surface area contributed by atoms with Crippen molar-refractivity contribution in [2.75, 3.05) is 0 Å². The standard InChI is InChI=1S/C8H5BBrFO2S/c10-4-1-6(11)8-5(9(12)13)3-14-7(8)2-4/h1-3,12-13H. The Morgan fingerprint density at radius 2 is 2.07 bits per heavy atom. The molecule has 0 aliphatic carbocycles. The monoisotopic (exact) mass is 274 g/mol. The molecule has 0 spiro atoms. The van der Waals surface area contributed by atoms with E-state index in [-0.39, 0.29) is 10.8 Å². The summed E-state index contributed by atoms with van der Waals surface area (Å²) in [4.78, 5) is 0. The summed E-state index contributed by atoms with van der Waals surface area (Å²) in [6, 6.07) is 3.05. The topological polar surface area (TPSA) is 40.5 Å². The first kappa shape index (κ1) is 10.1. The predicted molar refractivity (Wildman–Crippen MR) is 59.3 cm³/mol. The summed E-state index contributed by atoms with van der Waals surface area (Å²) in [6.45, 7) is 0. The van der Waals surface area contributed by atoms with Gasteiger partial charge in [-0.25, -0.2) is 4.39 Å². The van der Waals surface area contributed by atoms with Crippen LogP contribution in [-0.4, -0.2) is 17.2 Å². The highest BCUT2D eigenvalue weighted by Gasteiger charge is 2.19. The minimum atomic E-state index is -1.63. The molecular weight excluding hydrogens is 270 g/mol. The Kier molecular flexibility index (Phi) is 2.61. The number of halogens is 2. The molecule has 2 rings (SSSR count). The molecular formula is C8H5BBrFO2S. The van der Waals surface area contributed by atoms with Gasteiger partial charge in [0.2, 0.25) is 0 Å². The first-order valence-electron chi connectivity index (χ1n) is 3.82. The predicted octanol–water partition coefficient (Wildman–Crippen LogP) is 1.48. The van der Waals surface area contributed by atoms with Crippen LogP contribution in [0.2, 0.25) is 0 Å². The van der Waals surface area contributed by atoms with E-state index in [0.717, 1.165) is 0 Å². The number of hydrogen-bond donors (Lipinski definition) is 2. The van der Waals surface area contributed by atoms with Gasteiger partial charge < -0.3 is 10.0 Å². The molecule has 0 saturated heterocycles. The van der Waals surface area contributed by atoms with Crippen molar-refractivity contribution in [1.29, 1.82) is 0 Å². The molecule has 0 atom stereocenters. The van der Waals surface area contributed by atoms with Crippen molar-refractivity contribution in [3.8, 4) is 0 Å². The number of fused-ring (bicyclic) bond motifs is 1. The zero-order chi connectivity index (χ0) is 10.3. The highest BCUT2D eigenvalue weighted by atomic mass is 79.9. The van der Waals surface area contributed by atoms with E-state index in [0.29, 0.717) is 9.17 Å². The van der Waals surface area contributed by atoms with Crippen molar-refractivity contribution in [2.24, 2.45) is 0 Å². The molecule has 72 valence electrons. The van der Waals surface area contributed by atoms with Crippen LogP contribution in [0.5, 0.6) is 0 Å². The third-order valence-corrected chi connectivity index (χ3v) is 3.30. The lowest BCUT2D eigenvalue weighted by Gasteiger charge is -1.99. The highest BCUT2D eigenvalue weighted by Crippen LogP contribution is 2.26. The molecule has 0 unspecified atom stereocenters. The average Bonchev–Trinajstić information content (AvgIpc) is 2.47. The van der Waals surface area contributed by atoms with Crippen LogP contribution in [0.3, 0.4) is 0 Å². The molecule has 14 heavy (non-hydrogen) atoms. The van der Waals surface area contributed by atoms with Crippen LogP contribution in [-0.2, 0) is 0 Å². The van der Waals surface area contributed by atoms with E-state index >= 15 is 0 Å². The molecule has 1 heterocycles. The van der Waals surface area contributed by atoms with E-state index in [2.05, 4.69) is 15.9 Å². The second-order valence-electron chi connectivity index (χ2n) is 2.83. The molecule has 0 saturated carbocycles. The molecule has 2 nitrogen and oxygen atoms in total. The van der Waals surface area contributed by atoms with Gasteiger partial charge in [0.15, 0.2) is 0 Å². The van der Waals surface area contributed by atoms with Crippen LogP contribution in [0.4, 0.5) is 4.39 Å². The fraction of sp³-hybridized carbons (Fsp3) is 0. The van der Waals surface area contributed by atoms with Crippen LogP contribution >= 0.6 is 27.3 Å². The molecule has 0 aliphatic heterocycles.